The highest BCUT2D eigenvalue weighted by Crippen LogP contribution is 2.18. The average Bonchev–Trinajstić information content (AvgIpc) is 3.02. The summed E-state index contributed by atoms with van der Waals surface area (Å²) in [5.74, 6) is -0.170. The number of amides is 1. The van der Waals surface area contributed by atoms with Gasteiger partial charge in [0.15, 0.2) is 0 Å². The summed E-state index contributed by atoms with van der Waals surface area (Å²) < 4.78 is 26.7. The Morgan fingerprint density at radius 2 is 1.88 bits per heavy atom. The molecule has 0 aliphatic carbocycles. The van der Waals surface area contributed by atoms with Crippen LogP contribution in [0.25, 0.3) is 10.9 Å². The third kappa shape index (κ3) is 4.43. The highest BCUT2D eigenvalue weighted by atomic mass is 35.5. The fraction of sp³-hybridized carbons (Fsp3) is 0.167. The summed E-state index contributed by atoms with van der Waals surface area (Å²) in [5.41, 5.74) is 1.88. The van der Waals surface area contributed by atoms with Crippen molar-refractivity contribution in [3.8, 4) is 0 Å². The van der Waals surface area contributed by atoms with E-state index in [0.29, 0.717) is 5.02 Å². The molecule has 1 aromatic heterocycles. The molecule has 0 radical (unpaired) electrons. The Morgan fingerprint density at radius 1 is 1.08 bits per heavy atom. The molecule has 0 spiro atoms. The van der Waals surface area contributed by atoms with E-state index in [1.54, 1.807) is 12.1 Å². The van der Waals surface area contributed by atoms with Crippen molar-refractivity contribution in [2.45, 2.75) is 11.3 Å². The maximum atomic E-state index is 12.1. The highest BCUT2D eigenvalue weighted by molar-refractivity contribution is 7.89. The van der Waals surface area contributed by atoms with Gasteiger partial charge in [-0.25, -0.2) is 13.1 Å². The number of carbonyl (C=O) groups excluding carboxylic acids is 1. The Labute approximate surface area is 156 Å². The van der Waals surface area contributed by atoms with E-state index < -0.39 is 10.0 Å². The number of aromatic amines is 1. The Balaban J connectivity index is 1.49. The summed E-state index contributed by atoms with van der Waals surface area (Å²) >= 11 is 5.81. The van der Waals surface area contributed by atoms with Crippen molar-refractivity contribution in [2.75, 3.05) is 13.1 Å². The largest absolute Gasteiger partial charge is 0.361 e. The lowest BCUT2D eigenvalue weighted by Gasteiger charge is -2.08. The summed E-state index contributed by atoms with van der Waals surface area (Å²) in [5, 5.41) is 4.07. The second kappa shape index (κ2) is 7.90. The Hall–Kier alpha value is -2.35. The van der Waals surface area contributed by atoms with Crippen molar-refractivity contribution >= 4 is 38.4 Å². The molecule has 0 bridgehead atoms. The predicted molar refractivity (Wildman–Crippen MR) is 102 cm³/mol. The Bertz CT molecular complexity index is 1030. The van der Waals surface area contributed by atoms with Crippen LogP contribution in [0.1, 0.15) is 5.56 Å². The maximum absolute atomic E-state index is 12.1. The highest BCUT2D eigenvalue weighted by Gasteiger charge is 2.14. The molecule has 0 saturated heterocycles. The molecule has 136 valence electrons. The second-order valence-electron chi connectivity index (χ2n) is 5.74. The molecular formula is C18H18ClN3O3S. The van der Waals surface area contributed by atoms with Crippen molar-refractivity contribution in [1.29, 1.82) is 0 Å². The third-order valence-electron chi connectivity index (χ3n) is 3.87. The normalized spacial score (nSPS) is 11.6. The summed E-state index contributed by atoms with van der Waals surface area (Å²) in [4.78, 5) is 15.3. The number of rotatable bonds is 7. The zero-order chi connectivity index (χ0) is 18.6. The van der Waals surface area contributed by atoms with Crippen LogP contribution in [-0.2, 0) is 21.2 Å². The molecule has 3 rings (SSSR count). The number of carbonyl (C=O) groups is 1. The molecule has 3 N–H and O–H groups in total. The topological polar surface area (TPSA) is 91.1 Å². The zero-order valence-electron chi connectivity index (χ0n) is 13.8. The minimum absolute atomic E-state index is 0.0917. The van der Waals surface area contributed by atoms with E-state index in [1.165, 1.54) is 12.1 Å². The molecule has 8 heteroatoms. The van der Waals surface area contributed by atoms with Crippen molar-refractivity contribution in [3.05, 3.63) is 65.3 Å². The summed E-state index contributed by atoms with van der Waals surface area (Å²) in [7, 11) is -3.65. The van der Waals surface area contributed by atoms with E-state index in [2.05, 4.69) is 15.0 Å². The maximum Gasteiger partial charge on any atom is 0.240 e. The first-order valence-corrected chi connectivity index (χ1v) is 9.89. The van der Waals surface area contributed by atoms with Crippen LogP contribution in [0, 0.1) is 0 Å². The standard InChI is InChI=1S/C18H18ClN3O3S/c19-14-4-3-5-15(11-14)26(24,25)22-9-8-20-18(23)10-13-12-21-17-7-2-1-6-16(13)17/h1-7,11-12,21-22H,8-10H2,(H,20,23). The van der Waals surface area contributed by atoms with Crippen LogP contribution in [0.2, 0.25) is 5.02 Å². The lowest BCUT2D eigenvalue weighted by molar-refractivity contribution is -0.120. The number of hydrogen-bond donors (Lipinski definition) is 3. The molecule has 0 aliphatic heterocycles. The Morgan fingerprint density at radius 3 is 2.69 bits per heavy atom. The van der Waals surface area contributed by atoms with Crippen LogP contribution in [-0.4, -0.2) is 32.4 Å². The zero-order valence-corrected chi connectivity index (χ0v) is 15.4. The quantitative estimate of drug-likeness (QED) is 0.540. The van der Waals surface area contributed by atoms with Crippen molar-refractivity contribution in [3.63, 3.8) is 0 Å². The van der Waals surface area contributed by atoms with E-state index in [4.69, 9.17) is 11.6 Å². The van der Waals surface area contributed by atoms with Gasteiger partial charge in [0.1, 0.15) is 0 Å². The van der Waals surface area contributed by atoms with Gasteiger partial charge in [0.05, 0.1) is 11.3 Å². The number of hydrogen-bond acceptors (Lipinski definition) is 3. The van der Waals surface area contributed by atoms with Crippen LogP contribution >= 0.6 is 11.6 Å². The van der Waals surface area contributed by atoms with Gasteiger partial charge in [0, 0.05) is 35.2 Å². The monoisotopic (exact) mass is 391 g/mol. The van der Waals surface area contributed by atoms with E-state index in [0.717, 1.165) is 16.5 Å². The molecule has 6 nitrogen and oxygen atoms in total. The molecule has 0 unspecified atom stereocenters. The first-order valence-electron chi connectivity index (χ1n) is 8.02. The van der Waals surface area contributed by atoms with Gasteiger partial charge in [-0.1, -0.05) is 35.9 Å². The number of H-pyrrole nitrogens is 1. The molecule has 2 aromatic carbocycles. The molecule has 0 fully saturated rings. The molecule has 0 atom stereocenters. The van der Waals surface area contributed by atoms with Crippen LogP contribution in [0.3, 0.4) is 0 Å². The van der Waals surface area contributed by atoms with Gasteiger partial charge in [-0.05, 0) is 29.8 Å². The molecule has 1 heterocycles. The summed E-state index contributed by atoms with van der Waals surface area (Å²) in [6.45, 7) is 0.287. The molecular weight excluding hydrogens is 374 g/mol. The van der Waals surface area contributed by atoms with Crippen molar-refractivity contribution < 1.29 is 13.2 Å². The number of fused-ring (bicyclic) bond motifs is 1. The second-order valence-corrected chi connectivity index (χ2v) is 7.94. The van der Waals surface area contributed by atoms with E-state index in [-0.39, 0.29) is 30.3 Å². The van der Waals surface area contributed by atoms with E-state index >= 15 is 0 Å². The molecule has 3 aromatic rings. The van der Waals surface area contributed by atoms with Gasteiger partial charge in [-0.2, -0.15) is 0 Å². The fourth-order valence-electron chi connectivity index (χ4n) is 2.62. The number of sulfonamides is 1. The first-order chi connectivity index (χ1) is 12.5. The molecule has 26 heavy (non-hydrogen) atoms. The van der Waals surface area contributed by atoms with E-state index in [1.807, 2.05) is 30.5 Å². The SMILES string of the molecule is O=C(Cc1c[nH]c2ccccc12)NCCNS(=O)(=O)c1cccc(Cl)c1. The molecule has 0 aliphatic rings. The van der Waals surface area contributed by atoms with Crippen LogP contribution in [0.5, 0.6) is 0 Å². The summed E-state index contributed by atoms with van der Waals surface area (Å²) in [6, 6.07) is 13.8. The van der Waals surface area contributed by atoms with Gasteiger partial charge < -0.3 is 10.3 Å². The number of halogens is 1. The van der Waals surface area contributed by atoms with Crippen molar-refractivity contribution in [1.82, 2.24) is 15.0 Å². The lowest BCUT2D eigenvalue weighted by Crippen LogP contribution is -2.35. The van der Waals surface area contributed by atoms with Gasteiger partial charge in [-0.3, -0.25) is 4.79 Å². The van der Waals surface area contributed by atoms with Crippen LogP contribution in [0.4, 0.5) is 0 Å². The third-order valence-corrected chi connectivity index (χ3v) is 5.57. The number of benzene rings is 2. The number of para-hydroxylation sites is 1. The molecule has 1 amide bonds. The van der Waals surface area contributed by atoms with Crippen LogP contribution in [0.15, 0.2) is 59.6 Å². The molecule has 0 saturated carbocycles. The van der Waals surface area contributed by atoms with Gasteiger partial charge in [-0.15, -0.1) is 0 Å². The minimum Gasteiger partial charge on any atom is -0.361 e. The van der Waals surface area contributed by atoms with Gasteiger partial charge in [0.25, 0.3) is 0 Å². The van der Waals surface area contributed by atoms with Gasteiger partial charge in [0.2, 0.25) is 15.9 Å². The number of nitrogens with one attached hydrogen (secondary N) is 3. The van der Waals surface area contributed by atoms with E-state index in [9.17, 15) is 13.2 Å². The lowest BCUT2D eigenvalue weighted by atomic mass is 10.1. The predicted octanol–water partition coefficient (Wildman–Crippen LogP) is 2.46. The fourth-order valence-corrected chi connectivity index (χ4v) is 3.95. The Kier molecular flexibility index (Phi) is 5.61. The minimum atomic E-state index is -3.65. The number of aromatic nitrogens is 1. The smallest absolute Gasteiger partial charge is 0.240 e. The van der Waals surface area contributed by atoms with Crippen LogP contribution < -0.4 is 10.0 Å². The van der Waals surface area contributed by atoms with Crippen molar-refractivity contribution in [2.24, 2.45) is 0 Å². The van der Waals surface area contributed by atoms with Gasteiger partial charge >= 0.3 is 0 Å². The first kappa shape index (κ1) is 18.4. The summed E-state index contributed by atoms with van der Waals surface area (Å²) in [6.07, 6.45) is 2.04. The average molecular weight is 392 g/mol.